The van der Waals surface area contributed by atoms with Crippen LogP contribution in [0.2, 0.25) is 0 Å². The minimum atomic E-state index is -0.657. The summed E-state index contributed by atoms with van der Waals surface area (Å²) in [4.78, 5) is 10.3. The van der Waals surface area contributed by atoms with Gasteiger partial charge in [0.1, 0.15) is 0 Å². The maximum atomic E-state index is 10.3. The molecule has 9 heavy (non-hydrogen) atoms. The Hall–Kier alpha value is -0.990. The zero-order chi connectivity index (χ0) is 7.11. The quantitative estimate of drug-likeness (QED) is 0.421. The summed E-state index contributed by atoms with van der Waals surface area (Å²) in [5, 5.41) is 0. The highest BCUT2D eigenvalue weighted by atomic mass is 16.7. The van der Waals surface area contributed by atoms with Gasteiger partial charge in [0.2, 0.25) is 0 Å². The molecule has 0 aliphatic carbocycles. The van der Waals surface area contributed by atoms with E-state index >= 15 is 0 Å². The smallest absolute Gasteiger partial charge is 0.434 e. The van der Waals surface area contributed by atoms with Crippen LogP contribution in [-0.2, 0) is 9.47 Å². The van der Waals surface area contributed by atoms with Crippen molar-refractivity contribution in [3.05, 3.63) is 12.3 Å². The number of hydrogen-bond donors (Lipinski definition) is 0. The van der Waals surface area contributed by atoms with E-state index in [1.54, 1.807) is 19.9 Å². The Kier molecular flexibility index (Phi) is 4.59. The molecule has 0 saturated heterocycles. The molecule has 0 fully saturated rings. The maximum absolute atomic E-state index is 10.3. The predicted molar refractivity (Wildman–Crippen MR) is 32.9 cm³/mol. The molecule has 3 heteroatoms. The zero-order valence-corrected chi connectivity index (χ0v) is 5.59. The van der Waals surface area contributed by atoms with Gasteiger partial charge in [-0.1, -0.05) is 6.08 Å². The number of ether oxygens (including phenoxy) is 2. The maximum Gasteiger partial charge on any atom is 0.513 e. The second-order valence-electron chi connectivity index (χ2n) is 1.27. The molecule has 0 atom stereocenters. The van der Waals surface area contributed by atoms with Crippen LogP contribution < -0.4 is 0 Å². The first-order valence-corrected chi connectivity index (χ1v) is 2.75. The van der Waals surface area contributed by atoms with Crippen molar-refractivity contribution < 1.29 is 14.3 Å². The molecule has 0 heterocycles. The van der Waals surface area contributed by atoms with Crippen molar-refractivity contribution in [3.63, 3.8) is 0 Å². The summed E-state index contributed by atoms with van der Waals surface area (Å²) in [6, 6.07) is 0. The Bertz CT molecular complexity index is 107. The molecule has 0 rings (SSSR count). The van der Waals surface area contributed by atoms with Gasteiger partial charge in [-0.15, -0.1) is 0 Å². The van der Waals surface area contributed by atoms with E-state index in [1.165, 1.54) is 6.26 Å². The van der Waals surface area contributed by atoms with Crippen LogP contribution in [0.4, 0.5) is 4.79 Å². The summed E-state index contributed by atoms with van der Waals surface area (Å²) in [7, 11) is 0. The van der Waals surface area contributed by atoms with Crippen LogP contribution in [0, 0.1) is 0 Å². The molecular weight excluding hydrogens is 120 g/mol. The van der Waals surface area contributed by atoms with E-state index in [1.807, 2.05) is 0 Å². The number of carbonyl (C=O) groups is 1. The first-order chi connectivity index (χ1) is 4.31. The standard InChI is InChI=1S/C6H10O3/c1-3-5-9-6(7)8-4-2/h3,5H,4H2,1-2H3. The second kappa shape index (κ2) is 5.15. The molecule has 0 aliphatic rings. The molecule has 0 aliphatic heterocycles. The van der Waals surface area contributed by atoms with Gasteiger partial charge in [-0.25, -0.2) is 4.79 Å². The van der Waals surface area contributed by atoms with Crippen molar-refractivity contribution >= 4 is 6.16 Å². The van der Waals surface area contributed by atoms with Gasteiger partial charge >= 0.3 is 6.16 Å². The van der Waals surface area contributed by atoms with E-state index in [-0.39, 0.29) is 0 Å². The van der Waals surface area contributed by atoms with Gasteiger partial charge in [-0.05, 0) is 13.8 Å². The molecule has 0 unspecified atom stereocenters. The second-order valence-corrected chi connectivity index (χ2v) is 1.27. The van der Waals surface area contributed by atoms with Crippen LogP contribution in [0.15, 0.2) is 12.3 Å². The number of carbonyl (C=O) groups excluding carboxylic acids is 1. The van der Waals surface area contributed by atoms with Gasteiger partial charge in [0.15, 0.2) is 0 Å². The number of hydrogen-bond acceptors (Lipinski definition) is 3. The molecule has 52 valence electrons. The Morgan fingerprint density at radius 2 is 2.33 bits per heavy atom. The first kappa shape index (κ1) is 8.01. The fraction of sp³-hybridized carbons (Fsp3) is 0.500. The Balaban J connectivity index is 3.27. The average molecular weight is 130 g/mol. The van der Waals surface area contributed by atoms with Crippen molar-refractivity contribution in [1.82, 2.24) is 0 Å². The van der Waals surface area contributed by atoms with Crippen LogP contribution in [-0.4, -0.2) is 12.8 Å². The van der Waals surface area contributed by atoms with E-state index in [0.29, 0.717) is 6.61 Å². The highest BCUT2D eigenvalue weighted by molar-refractivity contribution is 5.60. The molecule has 0 spiro atoms. The predicted octanol–water partition coefficient (Wildman–Crippen LogP) is 1.69. The fourth-order valence-electron chi connectivity index (χ4n) is 0.275. The topological polar surface area (TPSA) is 35.5 Å². The molecule has 0 aromatic rings. The normalized spacial score (nSPS) is 9.56. The first-order valence-electron chi connectivity index (χ1n) is 2.75. The van der Waals surface area contributed by atoms with Crippen LogP contribution in [0.3, 0.4) is 0 Å². The van der Waals surface area contributed by atoms with Crippen molar-refractivity contribution in [1.29, 1.82) is 0 Å². The average Bonchev–Trinajstić information content (AvgIpc) is 1.85. The molecule has 0 bridgehead atoms. The highest BCUT2D eigenvalue weighted by Crippen LogP contribution is 1.84. The van der Waals surface area contributed by atoms with Gasteiger partial charge in [0.25, 0.3) is 0 Å². The summed E-state index contributed by atoms with van der Waals surface area (Å²) in [5.41, 5.74) is 0. The van der Waals surface area contributed by atoms with Crippen molar-refractivity contribution in [2.75, 3.05) is 6.61 Å². The largest absolute Gasteiger partial charge is 0.513 e. The van der Waals surface area contributed by atoms with Crippen LogP contribution in [0.1, 0.15) is 13.8 Å². The van der Waals surface area contributed by atoms with Crippen molar-refractivity contribution in [2.45, 2.75) is 13.8 Å². The molecule has 0 N–H and O–H groups in total. The molecule has 3 nitrogen and oxygen atoms in total. The van der Waals surface area contributed by atoms with E-state index < -0.39 is 6.16 Å². The number of allylic oxidation sites excluding steroid dienone is 1. The molecular formula is C6H10O3. The summed E-state index contributed by atoms with van der Waals surface area (Å²) in [5.74, 6) is 0. The molecule has 0 aromatic heterocycles. The molecule has 0 amide bonds. The Labute approximate surface area is 54.3 Å². The molecule has 0 radical (unpaired) electrons. The van der Waals surface area contributed by atoms with Crippen LogP contribution in [0.25, 0.3) is 0 Å². The van der Waals surface area contributed by atoms with E-state index in [4.69, 9.17) is 0 Å². The lowest BCUT2D eigenvalue weighted by molar-refractivity contribution is 0.0893. The van der Waals surface area contributed by atoms with E-state index in [9.17, 15) is 4.79 Å². The Morgan fingerprint density at radius 3 is 2.78 bits per heavy atom. The van der Waals surface area contributed by atoms with Gasteiger partial charge < -0.3 is 9.47 Å². The summed E-state index contributed by atoms with van der Waals surface area (Å²) in [6.45, 7) is 3.81. The van der Waals surface area contributed by atoms with Gasteiger partial charge in [-0.2, -0.15) is 0 Å². The molecule has 0 aromatic carbocycles. The third-order valence-electron chi connectivity index (χ3n) is 0.563. The van der Waals surface area contributed by atoms with Crippen molar-refractivity contribution in [3.8, 4) is 0 Å². The monoisotopic (exact) mass is 130 g/mol. The van der Waals surface area contributed by atoms with Crippen molar-refractivity contribution in [2.24, 2.45) is 0 Å². The fourth-order valence-corrected chi connectivity index (χ4v) is 0.275. The van der Waals surface area contributed by atoms with Crippen LogP contribution in [0.5, 0.6) is 0 Å². The highest BCUT2D eigenvalue weighted by Gasteiger charge is 1.95. The third kappa shape index (κ3) is 4.87. The lowest BCUT2D eigenvalue weighted by atomic mass is 10.7. The number of rotatable bonds is 2. The molecule has 0 saturated carbocycles. The van der Waals surface area contributed by atoms with E-state index in [0.717, 1.165) is 0 Å². The Morgan fingerprint density at radius 1 is 1.67 bits per heavy atom. The summed E-state index contributed by atoms with van der Waals surface area (Å²) in [6.07, 6.45) is 2.23. The SMILES string of the molecule is CC=COC(=O)OCC. The lowest BCUT2D eigenvalue weighted by Gasteiger charge is -1.96. The summed E-state index contributed by atoms with van der Waals surface area (Å²) >= 11 is 0. The minimum Gasteiger partial charge on any atom is -0.434 e. The van der Waals surface area contributed by atoms with Gasteiger partial charge in [-0.3, -0.25) is 0 Å². The minimum absolute atomic E-state index is 0.344. The third-order valence-corrected chi connectivity index (χ3v) is 0.563. The lowest BCUT2D eigenvalue weighted by Crippen LogP contribution is -2.01. The summed E-state index contributed by atoms with van der Waals surface area (Å²) < 4.78 is 8.82. The van der Waals surface area contributed by atoms with Gasteiger partial charge in [0, 0.05) is 0 Å². The van der Waals surface area contributed by atoms with Gasteiger partial charge in [0.05, 0.1) is 12.9 Å². The van der Waals surface area contributed by atoms with E-state index in [2.05, 4.69) is 9.47 Å². The zero-order valence-electron chi connectivity index (χ0n) is 5.59. The van der Waals surface area contributed by atoms with Crippen LogP contribution >= 0.6 is 0 Å².